The van der Waals surface area contributed by atoms with E-state index in [-0.39, 0.29) is 12.5 Å². The Balaban J connectivity index is 1.95. The molecule has 6 heteroatoms. The van der Waals surface area contributed by atoms with Crippen LogP contribution in [0.2, 0.25) is 5.15 Å². The van der Waals surface area contributed by atoms with Crippen molar-refractivity contribution in [3.8, 4) is 0 Å². The second-order valence-electron chi connectivity index (χ2n) is 6.15. The van der Waals surface area contributed by atoms with Gasteiger partial charge in [0.2, 0.25) is 0 Å². The average Bonchev–Trinajstić information content (AvgIpc) is 2.87. The van der Waals surface area contributed by atoms with Gasteiger partial charge in [-0.3, -0.25) is 9.69 Å². The van der Waals surface area contributed by atoms with Crippen LogP contribution in [0.15, 0.2) is 48.7 Å². The number of pyridine rings is 1. The molecule has 25 heavy (non-hydrogen) atoms. The number of nitrogens with one attached hydrogen (secondary N) is 1. The van der Waals surface area contributed by atoms with Crippen LogP contribution < -0.4 is 5.32 Å². The van der Waals surface area contributed by atoms with E-state index >= 15 is 0 Å². The van der Waals surface area contributed by atoms with Gasteiger partial charge in [-0.1, -0.05) is 67.8 Å². The van der Waals surface area contributed by atoms with Gasteiger partial charge in [0.25, 0.3) is 5.91 Å². The summed E-state index contributed by atoms with van der Waals surface area (Å²) in [5, 5.41) is 3.23. The highest BCUT2D eigenvalue weighted by molar-refractivity contribution is 6.30. The number of amides is 3. The number of rotatable bonds is 6. The number of urea groups is 1. The molecule has 2 aromatic rings. The molecule has 1 aliphatic heterocycles. The largest absolute Gasteiger partial charge is 0.325 e. The number of unbranched alkanes of at least 4 members (excludes halogenated alkanes) is 1. The predicted octanol–water partition coefficient (Wildman–Crippen LogP) is 3.87. The summed E-state index contributed by atoms with van der Waals surface area (Å²) in [6, 6.07) is 12.5. The van der Waals surface area contributed by atoms with Crippen LogP contribution in [0.3, 0.4) is 0 Å². The molecule has 1 fully saturated rings. The fourth-order valence-electron chi connectivity index (χ4n) is 3.15. The Kier molecular flexibility index (Phi) is 5.04. The Morgan fingerprint density at radius 2 is 1.92 bits per heavy atom. The van der Waals surface area contributed by atoms with Gasteiger partial charge in [0, 0.05) is 11.8 Å². The Morgan fingerprint density at radius 3 is 2.60 bits per heavy atom. The maximum absolute atomic E-state index is 13.2. The summed E-state index contributed by atoms with van der Waals surface area (Å²) >= 11 is 6.09. The number of halogens is 1. The van der Waals surface area contributed by atoms with Crippen molar-refractivity contribution in [2.45, 2.75) is 38.3 Å². The van der Waals surface area contributed by atoms with E-state index < -0.39 is 11.6 Å². The van der Waals surface area contributed by atoms with Gasteiger partial charge in [0.1, 0.15) is 10.7 Å². The first kappa shape index (κ1) is 17.4. The minimum absolute atomic E-state index is 0.109. The first-order valence-corrected chi connectivity index (χ1v) is 8.75. The number of aromatic nitrogens is 1. The minimum atomic E-state index is -1.01. The molecule has 2 heterocycles. The molecule has 0 aliphatic carbocycles. The fraction of sp³-hybridized carbons (Fsp3) is 0.316. The molecular formula is C19H20ClN3O2. The Morgan fingerprint density at radius 1 is 1.16 bits per heavy atom. The van der Waals surface area contributed by atoms with Crippen molar-refractivity contribution in [1.82, 2.24) is 15.2 Å². The molecule has 1 aromatic carbocycles. The van der Waals surface area contributed by atoms with E-state index in [2.05, 4.69) is 17.2 Å². The van der Waals surface area contributed by atoms with Crippen molar-refractivity contribution in [2.24, 2.45) is 0 Å². The van der Waals surface area contributed by atoms with Gasteiger partial charge in [0.15, 0.2) is 0 Å². The normalized spacial score (nSPS) is 20.0. The number of carbonyl (C=O) groups excluding carboxylic acids is 2. The van der Waals surface area contributed by atoms with Gasteiger partial charge in [-0.15, -0.1) is 0 Å². The fourth-order valence-corrected chi connectivity index (χ4v) is 3.33. The number of imide groups is 1. The molecule has 5 nitrogen and oxygen atoms in total. The zero-order valence-electron chi connectivity index (χ0n) is 14.0. The predicted molar refractivity (Wildman–Crippen MR) is 96.0 cm³/mol. The lowest BCUT2D eigenvalue weighted by molar-refractivity contribution is -0.132. The second kappa shape index (κ2) is 7.23. The number of nitrogens with zero attached hydrogens (tertiary/aromatic N) is 2. The van der Waals surface area contributed by atoms with Gasteiger partial charge in [-0.25, -0.2) is 9.78 Å². The quantitative estimate of drug-likeness (QED) is 0.630. The Bertz CT molecular complexity index is 781. The first-order valence-electron chi connectivity index (χ1n) is 8.37. The minimum Gasteiger partial charge on any atom is -0.319 e. The third kappa shape index (κ3) is 3.24. The van der Waals surface area contributed by atoms with Crippen LogP contribution >= 0.6 is 11.6 Å². The number of hydrogen-bond donors (Lipinski definition) is 1. The van der Waals surface area contributed by atoms with Gasteiger partial charge >= 0.3 is 6.03 Å². The van der Waals surface area contributed by atoms with Crippen molar-refractivity contribution in [3.63, 3.8) is 0 Å². The van der Waals surface area contributed by atoms with Gasteiger partial charge in [0.05, 0.1) is 6.54 Å². The van der Waals surface area contributed by atoms with E-state index in [9.17, 15) is 9.59 Å². The number of benzene rings is 1. The zero-order chi connectivity index (χ0) is 17.9. The van der Waals surface area contributed by atoms with Crippen molar-refractivity contribution >= 4 is 23.5 Å². The second-order valence-corrected chi connectivity index (χ2v) is 6.51. The highest BCUT2D eigenvalue weighted by atomic mass is 35.5. The molecule has 0 spiro atoms. The van der Waals surface area contributed by atoms with Crippen LogP contribution in [-0.4, -0.2) is 21.8 Å². The molecule has 1 saturated heterocycles. The molecule has 0 saturated carbocycles. The van der Waals surface area contributed by atoms with E-state index in [4.69, 9.17) is 11.6 Å². The molecule has 1 aromatic heterocycles. The standard InChI is InChI=1S/C19H20ClN3O2/c1-2-3-11-19(15-9-5-4-6-10-15)17(24)23(18(25)22-19)13-14-8-7-12-21-16(14)20/h4-10,12H,2-3,11,13H2,1H3,(H,22,25). The van der Waals surface area contributed by atoms with Crippen LogP contribution in [0.4, 0.5) is 4.79 Å². The van der Waals surface area contributed by atoms with Crippen molar-refractivity contribution < 1.29 is 9.59 Å². The van der Waals surface area contributed by atoms with E-state index in [0.29, 0.717) is 17.1 Å². The van der Waals surface area contributed by atoms with Crippen LogP contribution in [0.5, 0.6) is 0 Å². The molecule has 1 N–H and O–H groups in total. The maximum atomic E-state index is 13.2. The van der Waals surface area contributed by atoms with Crippen LogP contribution in [0.1, 0.15) is 37.3 Å². The lowest BCUT2D eigenvalue weighted by atomic mass is 9.85. The Labute approximate surface area is 152 Å². The third-order valence-electron chi connectivity index (χ3n) is 4.51. The molecule has 0 radical (unpaired) electrons. The van der Waals surface area contributed by atoms with Crippen molar-refractivity contribution in [1.29, 1.82) is 0 Å². The SMILES string of the molecule is CCCCC1(c2ccccc2)NC(=O)N(Cc2cccnc2Cl)C1=O. The summed E-state index contributed by atoms with van der Waals surface area (Å²) in [5.41, 5.74) is 0.442. The van der Waals surface area contributed by atoms with E-state index in [1.165, 1.54) is 4.90 Å². The Hall–Kier alpha value is -2.40. The molecule has 3 amide bonds. The molecule has 1 unspecified atom stereocenters. The van der Waals surface area contributed by atoms with Crippen LogP contribution in [0, 0.1) is 0 Å². The maximum Gasteiger partial charge on any atom is 0.325 e. The average molecular weight is 358 g/mol. The lowest BCUT2D eigenvalue weighted by Gasteiger charge is -2.27. The molecular weight excluding hydrogens is 338 g/mol. The van der Waals surface area contributed by atoms with Crippen molar-refractivity contribution in [3.05, 3.63) is 64.9 Å². The summed E-state index contributed by atoms with van der Waals surface area (Å²) in [5.74, 6) is -0.239. The van der Waals surface area contributed by atoms with E-state index in [0.717, 1.165) is 18.4 Å². The van der Waals surface area contributed by atoms with E-state index in [1.54, 1.807) is 18.3 Å². The smallest absolute Gasteiger partial charge is 0.319 e. The molecule has 1 aliphatic rings. The number of carbonyl (C=O) groups is 2. The van der Waals surface area contributed by atoms with Crippen LogP contribution in [-0.2, 0) is 16.9 Å². The lowest BCUT2D eigenvalue weighted by Crippen LogP contribution is -2.44. The summed E-state index contributed by atoms with van der Waals surface area (Å²) in [6.07, 6.45) is 3.91. The summed E-state index contributed by atoms with van der Waals surface area (Å²) in [6.45, 7) is 2.17. The van der Waals surface area contributed by atoms with Crippen LogP contribution in [0.25, 0.3) is 0 Å². The monoisotopic (exact) mass is 357 g/mol. The summed E-state index contributed by atoms with van der Waals surface area (Å²) in [4.78, 5) is 31.1. The molecule has 0 bridgehead atoms. The summed E-state index contributed by atoms with van der Waals surface area (Å²) in [7, 11) is 0. The number of hydrogen-bond acceptors (Lipinski definition) is 3. The first-order chi connectivity index (χ1) is 12.1. The van der Waals surface area contributed by atoms with Crippen molar-refractivity contribution in [2.75, 3.05) is 0 Å². The van der Waals surface area contributed by atoms with Gasteiger partial charge < -0.3 is 5.32 Å². The highest BCUT2D eigenvalue weighted by Crippen LogP contribution is 2.35. The zero-order valence-corrected chi connectivity index (χ0v) is 14.8. The molecule has 130 valence electrons. The summed E-state index contributed by atoms with van der Waals surface area (Å²) < 4.78 is 0. The topological polar surface area (TPSA) is 62.3 Å². The van der Waals surface area contributed by atoms with Gasteiger partial charge in [-0.05, 0) is 18.1 Å². The highest BCUT2D eigenvalue weighted by Gasteiger charge is 2.51. The van der Waals surface area contributed by atoms with Gasteiger partial charge in [-0.2, -0.15) is 0 Å². The molecule has 1 atom stereocenters. The van der Waals surface area contributed by atoms with E-state index in [1.807, 2.05) is 30.3 Å². The third-order valence-corrected chi connectivity index (χ3v) is 4.85. The molecule has 3 rings (SSSR count).